The van der Waals surface area contributed by atoms with E-state index in [1.807, 2.05) is 38.1 Å². The molecule has 1 atom stereocenters. The Hall–Kier alpha value is -2.21. The molecule has 1 saturated heterocycles. The average Bonchev–Trinajstić information content (AvgIpc) is 3.07. The first-order chi connectivity index (χ1) is 11.1. The Kier molecular flexibility index (Phi) is 4.71. The summed E-state index contributed by atoms with van der Waals surface area (Å²) in [7, 11) is 0. The van der Waals surface area contributed by atoms with Crippen molar-refractivity contribution < 1.29 is 14.1 Å². The number of aromatic nitrogens is 2. The summed E-state index contributed by atoms with van der Waals surface area (Å²) >= 11 is 0. The van der Waals surface area contributed by atoms with Gasteiger partial charge in [-0.2, -0.15) is 4.98 Å². The van der Waals surface area contributed by atoms with Crippen LogP contribution in [0.25, 0.3) is 11.5 Å². The van der Waals surface area contributed by atoms with Crippen LogP contribution >= 0.6 is 0 Å². The summed E-state index contributed by atoms with van der Waals surface area (Å²) in [6, 6.07) is 7.37. The van der Waals surface area contributed by atoms with E-state index in [0.717, 1.165) is 30.5 Å². The highest BCUT2D eigenvalue weighted by atomic mass is 16.5. The minimum absolute atomic E-state index is 0.0858. The predicted molar refractivity (Wildman–Crippen MR) is 86.0 cm³/mol. The number of rotatable bonds is 4. The fourth-order valence-electron chi connectivity index (χ4n) is 2.45. The quantitative estimate of drug-likeness (QED) is 0.936. The van der Waals surface area contributed by atoms with Gasteiger partial charge in [-0.05, 0) is 43.5 Å². The van der Waals surface area contributed by atoms with Crippen LogP contribution in [0.2, 0.25) is 0 Å². The molecule has 6 heteroatoms. The van der Waals surface area contributed by atoms with Crippen molar-refractivity contribution in [2.24, 2.45) is 0 Å². The third-order valence-electron chi connectivity index (χ3n) is 3.83. The lowest BCUT2D eigenvalue weighted by Gasteiger charge is -2.21. The normalized spacial score (nSPS) is 18.1. The molecule has 3 rings (SSSR count). The topological polar surface area (TPSA) is 77.2 Å². The van der Waals surface area contributed by atoms with Gasteiger partial charge in [-0.1, -0.05) is 19.0 Å². The van der Waals surface area contributed by atoms with Gasteiger partial charge in [0.2, 0.25) is 0 Å². The van der Waals surface area contributed by atoms with E-state index < -0.39 is 0 Å². The maximum absolute atomic E-state index is 12.1. The minimum Gasteiger partial charge on any atom is -0.368 e. The van der Waals surface area contributed by atoms with E-state index >= 15 is 0 Å². The molecule has 1 fully saturated rings. The summed E-state index contributed by atoms with van der Waals surface area (Å²) in [5, 5.41) is 6.83. The highest BCUT2D eigenvalue weighted by molar-refractivity contribution is 5.94. The highest BCUT2D eigenvalue weighted by Crippen LogP contribution is 2.22. The fraction of sp³-hybridized carbons (Fsp3) is 0.471. The summed E-state index contributed by atoms with van der Waals surface area (Å²) in [5.74, 6) is 1.31. The third kappa shape index (κ3) is 3.76. The molecule has 0 spiro atoms. The second-order valence-electron chi connectivity index (χ2n) is 6.03. The van der Waals surface area contributed by atoms with E-state index in [2.05, 4.69) is 15.5 Å². The van der Waals surface area contributed by atoms with Crippen LogP contribution in [0.5, 0.6) is 0 Å². The molecule has 0 aliphatic carbocycles. The van der Waals surface area contributed by atoms with E-state index in [0.29, 0.717) is 18.3 Å². The van der Waals surface area contributed by atoms with Crippen LogP contribution in [0.4, 0.5) is 5.69 Å². The van der Waals surface area contributed by atoms with E-state index in [1.54, 1.807) is 0 Å². The van der Waals surface area contributed by atoms with Crippen molar-refractivity contribution in [2.45, 2.75) is 45.1 Å². The summed E-state index contributed by atoms with van der Waals surface area (Å²) in [5.41, 5.74) is 1.56. The number of nitrogens with one attached hydrogen (secondary N) is 1. The monoisotopic (exact) mass is 315 g/mol. The van der Waals surface area contributed by atoms with Gasteiger partial charge in [-0.25, -0.2) is 0 Å². The van der Waals surface area contributed by atoms with Crippen molar-refractivity contribution in [3.05, 3.63) is 30.1 Å². The molecule has 2 aromatic rings. The lowest BCUT2D eigenvalue weighted by Crippen LogP contribution is -2.33. The average molecular weight is 315 g/mol. The molecular formula is C17H21N3O3. The van der Waals surface area contributed by atoms with Crippen LogP contribution in [0.1, 0.15) is 44.9 Å². The molecule has 6 nitrogen and oxygen atoms in total. The Morgan fingerprint density at radius 3 is 2.65 bits per heavy atom. The molecule has 0 radical (unpaired) electrons. The Labute approximate surface area is 135 Å². The molecule has 1 aromatic heterocycles. The number of carbonyl (C=O) groups is 1. The number of ether oxygens (including phenoxy) is 1. The molecule has 1 N–H and O–H groups in total. The van der Waals surface area contributed by atoms with Crippen molar-refractivity contribution in [1.29, 1.82) is 0 Å². The van der Waals surface area contributed by atoms with Crippen molar-refractivity contribution in [1.82, 2.24) is 10.1 Å². The van der Waals surface area contributed by atoms with Gasteiger partial charge in [0.15, 0.2) is 5.82 Å². The lowest BCUT2D eigenvalue weighted by atomic mass is 10.1. The van der Waals surface area contributed by atoms with Crippen LogP contribution in [-0.4, -0.2) is 28.8 Å². The van der Waals surface area contributed by atoms with Gasteiger partial charge in [0, 0.05) is 23.8 Å². The van der Waals surface area contributed by atoms with Crippen LogP contribution in [0, 0.1) is 0 Å². The number of carbonyl (C=O) groups excluding carboxylic acids is 1. The number of nitrogens with zero attached hydrogens (tertiary/aromatic N) is 2. The molecule has 1 unspecified atom stereocenters. The Bertz CT molecular complexity index is 658. The predicted octanol–water partition coefficient (Wildman–Crippen LogP) is 3.37. The highest BCUT2D eigenvalue weighted by Gasteiger charge is 2.22. The summed E-state index contributed by atoms with van der Waals surface area (Å²) in [6.45, 7) is 4.69. The molecule has 122 valence electrons. The largest absolute Gasteiger partial charge is 0.368 e. The van der Waals surface area contributed by atoms with Crippen LogP contribution in [0.15, 0.2) is 28.8 Å². The standard InChI is InChI=1S/C17H21N3O3/c1-11(2)15-19-17(23-20-15)12-6-8-13(9-7-12)18-16(21)14-5-3-4-10-22-14/h6-9,11,14H,3-5,10H2,1-2H3,(H,18,21). The second kappa shape index (κ2) is 6.91. The SMILES string of the molecule is CC(C)c1noc(-c2ccc(NC(=O)C3CCCCO3)cc2)n1. The van der Waals surface area contributed by atoms with Gasteiger partial charge in [0.25, 0.3) is 11.8 Å². The van der Waals surface area contributed by atoms with Crippen LogP contribution in [-0.2, 0) is 9.53 Å². The first-order valence-corrected chi connectivity index (χ1v) is 8.00. The zero-order valence-corrected chi connectivity index (χ0v) is 13.4. The molecule has 23 heavy (non-hydrogen) atoms. The molecule has 1 amide bonds. The Morgan fingerprint density at radius 2 is 2.04 bits per heavy atom. The van der Waals surface area contributed by atoms with Crippen LogP contribution < -0.4 is 5.32 Å². The zero-order chi connectivity index (χ0) is 16.2. The van der Waals surface area contributed by atoms with E-state index in [-0.39, 0.29) is 17.9 Å². The smallest absolute Gasteiger partial charge is 0.257 e. The molecule has 2 heterocycles. The number of hydrogen-bond donors (Lipinski definition) is 1. The number of benzene rings is 1. The summed E-state index contributed by atoms with van der Waals surface area (Å²) < 4.78 is 10.7. The lowest BCUT2D eigenvalue weighted by molar-refractivity contribution is -0.129. The fourth-order valence-corrected chi connectivity index (χ4v) is 2.45. The number of amides is 1. The van der Waals surface area contributed by atoms with Gasteiger partial charge in [-0.3, -0.25) is 4.79 Å². The molecular weight excluding hydrogens is 294 g/mol. The molecule has 0 saturated carbocycles. The Morgan fingerprint density at radius 1 is 1.26 bits per heavy atom. The van der Waals surface area contributed by atoms with E-state index in [1.165, 1.54) is 0 Å². The van der Waals surface area contributed by atoms with Gasteiger partial charge >= 0.3 is 0 Å². The number of hydrogen-bond acceptors (Lipinski definition) is 5. The first-order valence-electron chi connectivity index (χ1n) is 8.00. The third-order valence-corrected chi connectivity index (χ3v) is 3.83. The van der Waals surface area contributed by atoms with Gasteiger partial charge < -0.3 is 14.6 Å². The van der Waals surface area contributed by atoms with Gasteiger partial charge in [-0.15, -0.1) is 0 Å². The van der Waals surface area contributed by atoms with Gasteiger partial charge in [0.05, 0.1) is 0 Å². The zero-order valence-electron chi connectivity index (χ0n) is 13.4. The maximum atomic E-state index is 12.1. The minimum atomic E-state index is -0.340. The second-order valence-corrected chi connectivity index (χ2v) is 6.03. The van der Waals surface area contributed by atoms with Gasteiger partial charge in [0.1, 0.15) is 6.10 Å². The van der Waals surface area contributed by atoms with Crippen molar-refractivity contribution in [3.63, 3.8) is 0 Å². The molecule has 0 bridgehead atoms. The van der Waals surface area contributed by atoms with E-state index in [4.69, 9.17) is 9.26 Å². The van der Waals surface area contributed by atoms with Crippen molar-refractivity contribution >= 4 is 11.6 Å². The number of anilines is 1. The molecule has 1 aliphatic rings. The van der Waals surface area contributed by atoms with Crippen molar-refractivity contribution in [3.8, 4) is 11.5 Å². The van der Waals surface area contributed by atoms with Crippen molar-refractivity contribution in [2.75, 3.05) is 11.9 Å². The van der Waals surface area contributed by atoms with Crippen LogP contribution in [0.3, 0.4) is 0 Å². The molecule has 1 aliphatic heterocycles. The van der Waals surface area contributed by atoms with E-state index in [9.17, 15) is 4.79 Å². The maximum Gasteiger partial charge on any atom is 0.257 e. The molecule has 1 aromatic carbocycles. The first kappa shape index (κ1) is 15.7. The summed E-state index contributed by atoms with van der Waals surface area (Å²) in [6.07, 6.45) is 2.50. The summed E-state index contributed by atoms with van der Waals surface area (Å²) in [4.78, 5) is 16.5. The Balaban J connectivity index is 1.65.